The molecule has 102 valence electrons. The van der Waals surface area contributed by atoms with Crippen molar-refractivity contribution in [1.82, 2.24) is 15.3 Å². The van der Waals surface area contributed by atoms with Crippen LogP contribution in [0.25, 0.3) is 0 Å². The van der Waals surface area contributed by atoms with Crippen LogP contribution in [-0.2, 0) is 4.74 Å². The minimum atomic E-state index is -0.603. The summed E-state index contributed by atoms with van der Waals surface area (Å²) in [7, 11) is 0. The second-order valence-electron chi connectivity index (χ2n) is 5.11. The third kappa shape index (κ3) is 2.93. The monoisotopic (exact) mass is 263 g/mol. The smallest absolute Gasteiger partial charge is 0.419 e. The highest BCUT2D eigenvalue weighted by molar-refractivity contribution is 5.94. The fourth-order valence-electron chi connectivity index (χ4n) is 1.62. The Labute approximate surface area is 111 Å². The van der Waals surface area contributed by atoms with E-state index >= 15 is 0 Å². The molecular weight excluding hydrogens is 246 g/mol. The minimum Gasteiger partial charge on any atom is -0.443 e. The molecular formula is C12H17N5O2. The number of nitrogens with zero attached hydrogens (tertiary/aromatic N) is 3. The lowest BCUT2D eigenvalue weighted by Gasteiger charge is -2.27. The molecule has 2 heterocycles. The molecule has 1 aromatic rings. The summed E-state index contributed by atoms with van der Waals surface area (Å²) in [4.78, 5) is 17.6. The molecule has 1 aliphatic rings. The molecule has 19 heavy (non-hydrogen) atoms. The number of hydrazone groups is 1. The third-order valence-electron chi connectivity index (χ3n) is 2.36. The van der Waals surface area contributed by atoms with Crippen LogP contribution in [0.15, 0.2) is 29.5 Å². The Morgan fingerprint density at radius 3 is 2.79 bits per heavy atom. The van der Waals surface area contributed by atoms with Crippen LogP contribution in [0.1, 0.15) is 32.6 Å². The van der Waals surface area contributed by atoms with E-state index in [4.69, 9.17) is 10.5 Å². The number of guanidine groups is 1. The highest BCUT2D eigenvalue weighted by Crippen LogP contribution is 2.22. The molecule has 0 radical (unpaired) electrons. The quantitative estimate of drug-likeness (QED) is 0.792. The van der Waals surface area contributed by atoms with Gasteiger partial charge < -0.3 is 10.5 Å². The molecule has 7 heteroatoms. The van der Waals surface area contributed by atoms with Gasteiger partial charge in [0.15, 0.2) is 6.17 Å². The summed E-state index contributed by atoms with van der Waals surface area (Å²) in [5.74, 6) is 0.0601. The summed E-state index contributed by atoms with van der Waals surface area (Å²) < 4.78 is 5.30. The number of rotatable bonds is 1. The Kier molecular flexibility index (Phi) is 3.28. The van der Waals surface area contributed by atoms with Gasteiger partial charge in [-0.05, 0) is 32.9 Å². The van der Waals surface area contributed by atoms with Crippen LogP contribution in [0.4, 0.5) is 4.79 Å². The lowest BCUT2D eigenvalue weighted by molar-refractivity contribution is 0.0307. The van der Waals surface area contributed by atoms with Crippen LogP contribution >= 0.6 is 0 Å². The molecule has 7 nitrogen and oxygen atoms in total. The van der Waals surface area contributed by atoms with Crippen LogP contribution in [0, 0.1) is 0 Å². The highest BCUT2D eigenvalue weighted by atomic mass is 16.6. The topological polar surface area (TPSA) is 92.8 Å². The molecule has 0 fully saturated rings. The Balaban J connectivity index is 2.21. The maximum atomic E-state index is 12.1. The number of amides is 1. The van der Waals surface area contributed by atoms with E-state index in [1.807, 2.05) is 6.07 Å². The fourth-order valence-corrected chi connectivity index (χ4v) is 1.62. The van der Waals surface area contributed by atoms with Crippen molar-refractivity contribution in [2.24, 2.45) is 10.8 Å². The summed E-state index contributed by atoms with van der Waals surface area (Å²) in [6, 6.07) is 5.40. The van der Waals surface area contributed by atoms with E-state index in [0.717, 1.165) is 0 Å². The molecule has 1 atom stereocenters. The first-order valence-corrected chi connectivity index (χ1v) is 5.90. The zero-order valence-electron chi connectivity index (χ0n) is 11.1. The van der Waals surface area contributed by atoms with Crippen LogP contribution < -0.4 is 11.2 Å². The maximum absolute atomic E-state index is 12.1. The molecule has 0 saturated carbocycles. The van der Waals surface area contributed by atoms with Gasteiger partial charge in [0.05, 0.1) is 5.69 Å². The number of nitrogens with one attached hydrogen (secondary N) is 1. The van der Waals surface area contributed by atoms with E-state index < -0.39 is 17.9 Å². The molecule has 0 bridgehead atoms. The average Bonchev–Trinajstić information content (AvgIpc) is 2.70. The van der Waals surface area contributed by atoms with Gasteiger partial charge in [-0.1, -0.05) is 6.07 Å². The van der Waals surface area contributed by atoms with Gasteiger partial charge in [-0.15, -0.1) is 5.10 Å². The maximum Gasteiger partial charge on any atom is 0.419 e. The first kappa shape index (κ1) is 13.1. The predicted octanol–water partition coefficient (Wildman–Crippen LogP) is 1.15. The summed E-state index contributed by atoms with van der Waals surface area (Å²) in [5.41, 5.74) is 8.51. The number of nitrogens with two attached hydrogens (primary N) is 1. The minimum absolute atomic E-state index is 0.0601. The summed E-state index contributed by atoms with van der Waals surface area (Å²) in [6.45, 7) is 5.37. The molecule has 1 aliphatic heterocycles. The van der Waals surface area contributed by atoms with Crippen LogP contribution in [0.3, 0.4) is 0 Å². The number of carbonyl (C=O) groups is 1. The molecule has 0 saturated heterocycles. The lowest BCUT2D eigenvalue weighted by Crippen LogP contribution is -2.45. The van der Waals surface area contributed by atoms with E-state index in [0.29, 0.717) is 5.69 Å². The average molecular weight is 263 g/mol. The fraction of sp³-hybridized carbons (Fsp3) is 0.417. The SMILES string of the molecule is CC(C)(C)OC(=O)N1C(N)=NNC1c1ccccn1. The number of ether oxygens (including phenoxy) is 1. The molecule has 3 N–H and O–H groups in total. The van der Waals surface area contributed by atoms with Crippen LogP contribution in [0.2, 0.25) is 0 Å². The van der Waals surface area contributed by atoms with Crippen molar-refractivity contribution in [2.75, 3.05) is 0 Å². The second-order valence-corrected chi connectivity index (χ2v) is 5.11. The number of carbonyl (C=O) groups excluding carboxylic acids is 1. The van der Waals surface area contributed by atoms with Crippen molar-refractivity contribution in [3.63, 3.8) is 0 Å². The van der Waals surface area contributed by atoms with Gasteiger partial charge >= 0.3 is 6.09 Å². The van der Waals surface area contributed by atoms with Crippen LogP contribution in [-0.4, -0.2) is 27.5 Å². The van der Waals surface area contributed by atoms with Crippen molar-refractivity contribution in [1.29, 1.82) is 0 Å². The van der Waals surface area contributed by atoms with Crippen molar-refractivity contribution < 1.29 is 9.53 Å². The van der Waals surface area contributed by atoms with E-state index in [9.17, 15) is 4.79 Å². The number of hydrogen-bond acceptors (Lipinski definition) is 6. The lowest BCUT2D eigenvalue weighted by atomic mass is 10.2. The second kappa shape index (κ2) is 4.75. The van der Waals surface area contributed by atoms with E-state index in [-0.39, 0.29) is 5.96 Å². The third-order valence-corrected chi connectivity index (χ3v) is 2.36. The van der Waals surface area contributed by atoms with Gasteiger partial charge in [0.25, 0.3) is 0 Å². The van der Waals surface area contributed by atoms with Crippen molar-refractivity contribution in [3.05, 3.63) is 30.1 Å². The Morgan fingerprint density at radius 1 is 1.47 bits per heavy atom. The zero-order valence-corrected chi connectivity index (χ0v) is 11.1. The van der Waals surface area contributed by atoms with E-state index in [1.165, 1.54) is 4.90 Å². The Bertz CT molecular complexity index is 495. The molecule has 1 unspecified atom stereocenters. The normalized spacial score (nSPS) is 18.8. The summed E-state index contributed by atoms with van der Waals surface area (Å²) in [6.07, 6.45) is 0.532. The molecule has 2 rings (SSSR count). The van der Waals surface area contributed by atoms with Crippen LogP contribution in [0.5, 0.6) is 0 Å². The number of hydrogen-bond donors (Lipinski definition) is 2. The predicted molar refractivity (Wildman–Crippen MR) is 69.8 cm³/mol. The number of pyridine rings is 1. The number of aromatic nitrogens is 1. The van der Waals surface area contributed by atoms with Gasteiger partial charge in [-0.3, -0.25) is 10.4 Å². The van der Waals surface area contributed by atoms with Crippen molar-refractivity contribution >= 4 is 12.1 Å². The van der Waals surface area contributed by atoms with E-state index in [1.54, 1.807) is 39.1 Å². The van der Waals surface area contributed by atoms with Gasteiger partial charge in [0.1, 0.15) is 5.60 Å². The molecule has 0 aliphatic carbocycles. The van der Waals surface area contributed by atoms with Crippen molar-refractivity contribution in [2.45, 2.75) is 32.5 Å². The van der Waals surface area contributed by atoms with E-state index in [2.05, 4.69) is 15.5 Å². The molecule has 0 aromatic carbocycles. The largest absolute Gasteiger partial charge is 0.443 e. The van der Waals surface area contributed by atoms with Gasteiger partial charge in [-0.25, -0.2) is 9.69 Å². The Morgan fingerprint density at radius 2 is 2.21 bits per heavy atom. The van der Waals surface area contributed by atoms with Gasteiger partial charge in [-0.2, -0.15) is 0 Å². The highest BCUT2D eigenvalue weighted by Gasteiger charge is 2.36. The first-order chi connectivity index (χ1) is 8.88. The molecule has 1 amide bonds. The summed E-state index contributed by atoms with van der Waals surface area (Å²) in [5, 5.41) is 3.86. The first-order valence-electron chi connectivity index (χ1n) is 5.90. The standard InChI is InChI=1S/C12H17N5O2/c1-12(2,3)19-11(18)17-9(15-16-10(17)13)8-6-4-5-7-14-8/h4-7,9,15H,1-3H3,(H2,13,16). The van der Waals surface area contributed by atoms with Gasteiger partial charge in [0, 0.05) is 6.20 Å². The molecule has 1 aromatic heterocycles. The zero-order chi connectivity index (χ0) is 14.0. The van der Waals surface area contributed by atoms with Crippen molar-refractivity contribution in [3.8, 4) is 0 Å². The van der Waals surface area contributed by atoms with Gasteiger partial charge in [0.2, 0.25) is 5.96 Å². The molecule has 0 spiro atoms. The Hall–Kier alpha value is -2.31. The summed E-state index contributed by atoms with van der Waals surface area (Å²) >= 11 is 0.